The Kier molecular flexibility index (Phi) is 4.43. The Balaban J connectivity index is 0.00000112. The van der Waals surface area contributed by atoms with Crippen LogP contribution in [0.3, 0.4) is 0 Å². The van der Waals surface area contributed by atoms with Crippen LogP contribution in [0, 0.1) is 0 Å². The zero-order valence-electron chi connectivity index (χ0n) is 8.51. The Morgan fingerprint density at radius 3 is 1.20 bits per heavy atom. The van der Waals surface area contributed by atoms with Crippen molar-refractivity contribution in [2.75, 3.05) is 0 Å². The van der Waals surface area contributed by atoms with Crippen molar-refractivity contribution in [1.29, 1.82) is 0 Å². The van der Waals surface area contributed by atoms with Gasteiger partial charge < -0.3 is 0 Å². The van der Waals surface area contributed by atoms with Gasteiger partial charge in [0.05, 0.1) is 0 Å². The Morgan fingerprint density at radius 1 is 0.533 bits per heavy atom. The molecule has 0 nitrogen and oxygen atoms in total. The molecule has 0 bridgehead atoms. The topological polar surface area (TPSA) is 0 Å². The monoisotopic (exact) mass is 191 g/mol. The van der Waals surface area contributed by atoms with Gasteiger partial charge in [0.15, 0.2) is 0 Å². The van der Waals surface area contributed by atoms with Gasteiger partial charge in [0.2, 0.25) is 0 Å². The van der Waals surface area contributed by atoms with Gasteiger partial charge in [-0.15, -0.1) is 0 Å². The molecule has 2 rings (SSSR count). The lowest BCUT2D eigenvalue weighted by Gasteiger charge is -1.92. The zero-order valence-corrected chi connectivity index (χ0v) is 8.51. The molecule has 0 unspecified atom stereocenters. The van der Waals surface area contributed by atoms with E-state index < -0.39 is 0 Å². The fourth-order valence-electron chi connectivity index (χ4n) is 1.32. The van der Waals surface area contributed by atoms with Crippen molar-refractivity contribution in [3.05, 3.63) is 71.8 Å². The Hall–Kier alpha value is -1.76. The third-order valence-corrected chi connectivity index (χ3v) is 2.07. The fourth-order valence-corrected chi connectivity index (χ4v) is 1.32. The summed E-state index contributed by atoms with van der Waals surface area (Å²) >= 11 is 0. The predicted octanol–water partition coefficient (Wildman–Crippen LogP) is 3.48. The Morgan fingerprint density at radius 2 is 0.867 bits per heavy atom. The van der Waals surface area contributed by atoms with Gasteiger partial charge in [0.25, 0.3) is 0 Å². The van der Waals surface area contributed by atoms with Crippen molar-refractivity contribution in [2.45, 2.75) is 0 Å². The van der Waals surface area contributed by atoms with Crippen LogP contribution in [0.2, 0.25) is 0 Å². The van der Waals surface area contributed by atoms with Crippen LogP contribution in [-0.4, -0.2) is 8.41 Å². The summed E-state index contributed by atoms with van der Waals surface area (Å²) in [5.41, 5.74) is 2.47. The minimum atomic E-state index is 0. The van der Waals surface area contributed by atoms with Gasteiger partial charge in [-0.1, -0.05) is 72.8 Å². The second-order valence-electron chi connectivity index (χ2n) is 3.15. The highest BCUT2D eigenvalue weighted by Gasteiger charge is 1.84. The van der Waals surface area contributed by atoms with Crippen molar-refractivity contribution >= 4 is 20.6 Å². The molecule has 0 saturated heterocycles. The van der Waals surface area contributed by atoms with Gasteiger partial charge in [-0.2, -0.15) is 0 Å². The third kappa shape index (κ3) is 3.47. The number of rotatable bonds is 2. The van der Waals surface area contributed by atoms with E-state index in [1.165, 1.54) is 11.1 Å². The molecule has 71 valence electrons. The molecule has 0 saturated carbocycles. The Labute approximate surface area is 92.9 Å². The van der Waals surface area contributed by atoms with Crippen molar-refractivity contribution in [3.63, 3.8) is 0 Å². The van der Waals surface area contributed by atoms with Crippen LogP contribution in [0.15, 0.2) is 60.7 Å². The molecule has 0 fully saturated rings. The summed E-state index contributed by atoms with van der Waals surface area (Å²) in [5, 5.41) is 0. The van der Waals surface area contributed by atoms with E-state index in [2.05, 4.69) is 36.4 Å². The molecule has 0 heterocycles. The Bertz CT molecular complexity index is 362. The van der Waals surface area contributed by atoms with E-state index in [0.29, 0.717) is 0 Å². The minimum Gasteiger partial charge on any atom is -0.0622 e. The second-order valence-corrected chi connectivity index (χ2v) is 3.15. The standard InChI is InChI=1S/C14H12.B/c1-3-7-13(8-4-1)11-12-14-9-5-2-6-10-14;/h1-12H;/b12-11+;. The summed E-state index contributed by atoms with van der Waals surface area (Å²) in [6.45, 7) is 0. The average Bonchev–Trinajstić information content (AvgIpc) is 2.29. The molecule has 0 N–H and O–H groups in total. The molecule has 0 aliphatic carbocycles. The summed E-state index contributed by atoms with van der Waals surface area (Å²) in [5.74, 6) is 0. The molecule has 0 atom stereocenters. The first-order valence-corrected chi connectivity index (χ1v) is 4.73. The highest BCUT2D eigenvalue weighted by atomic mass is 13.9. The van der Waals surface area contributed by atoms with Crippen LogP contribution >= 0.6 is 0 Å². The zero-order chi connectivity index (χ0) is 9.64. The van der Waals surface area contributed by atoms with Crippen molar-refractivity contribution in [2.24, 2.45) is 0 Å². The van der Waals surface area contributed by atoms with E-state index in [-0.39, 0.29) is 8.41 Å². The highest BCUT2D eigenvalue weighted by Crippen LogP contribution is 2.06. The maximum absolute atomic E-state index is 2.12. The van der Waals surface area contributed by atoms with Crippen LogP contribution in [0.25, 0.3) is 12.2 Å². The molecule has 1 heteroatoms. The van der Waals surface area contributed by atoms with Gasteiger partial charge in [0, 0.05) is 8.41 Å². The quantitative estimate of drug-likeness (QED) is 0.503. The van der Waals surface area contributed by atoms with Crippen LogP contribution in [0.5, 0.6) is 0 Å². The van der Waals surface area contributed by atoms with Gasteiger partial charge in [-0.3, -0.25) is 0 Å². The molecular weight excluding hydrogens is 179 g/mol. The molecule has 0 amide bonds. The maximum Gasteiger partial charge on any atom is 0 e. The molecular formula is C14H12B. The largest absolute Gasteiger partial charge is 0.0622 e. The van der Waals surface area contributed by atoms with E-state index in [9.17, 15) is 0 Å². The van der Waals surface area contributed by atoms with Crippen LogP contribution < -0.4 is 0 Å². The number of benzene rings is 2. The van der Waals surface area contributed by atoms with Crippen LogP contribution in [-0.2, 0) is 0 Å². The summed E-state index contributed by atoms with van der Waals surface area (Å²) in [7, 11) is 0. The van der Waals surface area contributed by atoms with Gasteiger partial charge in [-0.05, 0) is 11.1 Å². The normalized spacial score (nSPS) is 9.87. The minimum absolute atomic E-state index is 0. The fraction of sp³-hybridized carbons (Fsp3) is 0. The van der Waals surface area contributed by atoms with Crippen LogP contribution in [0.1, 0.15) is 11.1 Å². The smallest absolute Gasteiger partial charge is 0 e. The predicted molar refractivity (Wildman–Crippen MR) is 67.6 cm³/mol. The summed E-state index contributed by atoms with van der Waals surface area (Å²) < 4.78 is 0. The van der Waals surface area contributed by atoms with Gasteiger partial charge in [-0.25, -0.2) is 0 Å². The molecule has 2 aromatic rings. The SMILES string of the molecule is C(=C\c1ccccc1)/c1ccccc1.[B]. The van der Waals surface area contributed by atoms with Gasteiger partial charge in [0.1, 0.15) is 0 Å². The molecule has 15 heavy (non-hydrogen) atoms. The van der Waals surface area contributed by atoms with E-state index in [0.717, 1.165) is 0 Å². The molecule has 0 aliphatic heterocycles. The van der Waals surface area contributed by atoms with Crippen molar-refractivity contribution in [3.8, 4) is 0 Å². The third-order valence-electron chi connectivity index (χ3n) is 2.07. The average molecular weight is 191 g/mol. The first-order chi connectivity index (χ1) is 6.95. The lowest BCUT2D eigenvalue weighted by atomic mass is 10.1. The van der Waals surface area contributed by atoms with Gasteiger partial charge >= 0.3 is 0 Å². The van der Waals surface area contributed by atoms with Crippen molar-refractivity contribution in [1.82, 2.24) is 0 Å². The molecule has 0 spiro atoms. The summed E-state index contributed by atoms with van der Waals surface area (Å²) in [6, 6.07) is 20.6. The summed E-state index contributed by atoms with van der Waals surface area (Å²) in [4.78, 5) is 0. The first kappa shape index (κ1) is 11.3. The van der Waals surface area contributed by atoms with E-state index in [1.807, 2.05) is 36.4 Å². The summed E-state index contributed by atoms with van der Waals surface area (Å²) in [6.07, 6.45) is 4.24. The van der Waals surface area contributed by atoms with Crippen LogP contribution in [0.4, 0.5) is 0 Å². The van der Waals surface area contributed by atoms with E-state index >= 15 is 0 Å². The lowest BCUT2D eigenvalue weighted by Crippen LogP contribution is -1.70. The number of hydrogen-bond acceptors (Lipinski definition) is 0. The number of hydrogen-bond donors (Lipinski definition) is 0. The highest BCUT2D eigenvalue weighted by molar-refractivity contribution is 5.75. The second kappa shape index (κ2) is 5.87. The molecule has 2 aromatic carbocycles. The van der Waals surface area contributed by atoms with E-state index in [4.69, 9.17) is 0 Å². The lowest BCUT2D eigenvalue weighted by molar-refractivity contribution is 1.65. The molecule has 0 aliphatic rings. The van der Waals surface area contributed by atoms with E-state index in [1.54, 1.807) is 0 Å². The molecule has 3 radical (unpaired) electrons. The van der Waals surface area contributed by atoms with Crippen molar-refractivity contribution < 1.29 is 0 Å². The maximum atomic E-state index is 2.12. The first-order valence-electron chi connectivity index (χ1n) is 4.73. The molecule has 0 aromatic heterocycles.